The van der Waals surface area contributed by atoms with Gasteiger partial charge in [-0.2, -0.15) is 0 Å². The van der Waals surface area contributed by atoms with Crippen molar-refractivity contribution in [2.24, 2.45) is 0 Å². The Bertz CT molecular complexity index is 621. The fraction of sp³-hybridized carbons (Fsp3) is 0.667. The molecule has 1 amide bonds. The summed E-state index contributed by atoms with van der Waals surface area (Å²) >= 11 is 0. The number of rotatable bonds is 6. The maximum absolute atomic E-state index is 12.7. The van der Waals surface area contributed by atoms with Crippen LogP contribution in [-0.4, -0.2) is 71.3 Å². The van der Waals surface area contributed by atoms with E-state index in [4.69, 9.17) is 9.84 Å². The maximum atomic E-state index is 12.7. The number of nitrogens with zero attached hydrogens (tertiary/aromatic N) is 2. The molecule has 1 saturated carbocycles. The van der Waals surface area contributed by atoms with Crippen LogP contribution in [0.4, 0.5) is 0 Å². The van der Waals surface area contributed by atoms with Crippen molar-refractivity contribution in [3.05, 3.63) is 35.9 Å². The molecule has 0 aromatic heterocycles. The Kier molecular flexibility index (Phi) is 5.04. The van der Waals surface area contributed by atoms with Gasteiger partial charge in [-0.25, -0.2) is 0 Å². The zero-order valence-electron chi connectivity index (χ0n) is 15.5. The Hall–Kier alpha value is -1.43. The van der Waals surface area contributed by atoms with Gasteiger partial charge in [-0.3, -0.25) is 4.79 Å². The summed E-state index contributed by atoms with van der Waals surface area (Å²) in [5.74, 6) is 0.156. The summed E-state index contributed by atoms with van der Waals surface area (Å²) in [6.07, 6.45) is 5.45. The van der Waals surface area contributed by atoms with Crippen LogP contribution in [0, 0.1) is 0 Å². The van der Waals surface area contributed by atoms with E-state index >= 15 is 0 Å². The lowest BCUT2D eigenvalue weighted by atomic mass is 9.87. The molecule has 2 aliphatic heterocycles. The third-order valence-corrected chi connectivity index (χ3v) is 6.18. The topological polar surface area (TPSA) is 53.0 Å². The van der Waals surface area contributed by atoms with Crippen molar-refractivity contribution in [3.63, 3.8) is 0 Å². The molecule has 3 aliphatic rings. The van der Waals surface area contributed by atoms with E-state index in [1.165, 1.54) is 5.56 Å². The van der Waals surface area contributed by atoms with E-state index in [2.05, 4.69) is 35.2 Å². The van der Waals surface area contributed by atoms with Crippen LogP contribution in [0.2, 0.25) is 0 Å². The SMILES string of the molecule is O=C1N(CCCO)CC2(CCN(CCc3ccccc3)CC2)OC12CC2. The van der Waals surface area contributed by atoms with Crippen molar-refractivity contribution in [2.45, 2.75) is 49.7 Å². The standard InChI is InChI=1S/C21H30N2O3/c24-16-4-12-23-17-20(26-21(8-9-21)19(23)25)10-14-22(15-11-20)13-7-18-5-2-1-3-6-18/h1-3,5-6,24H,4,7-17H2. The number of benzene rings is 1. The molecule has 0 radical (unpaired) electrons. The van der Waals surface area contributed by atoms with E-state index in [0.29, 0.717) is 19.5 Å². The van der Waals surface area contributed by atoms with Crippen molar-refractivity contribution in [2.75, 3.05) is 39.3 Å². The number of carbonyl (C=O) groups excluding carboxylic acids is 1. The molecule has 2 saturated heterocycles. The van der Waals surface area contributed by atoms with Gasteiger partial charge in [-0.05, 0) is 44.1 Å². The maximum Gasteiger partial charge on any atom is 0.254 e. The van der Waals surface area contributed by atoms with Gasteiger partial charge in [0, 0.05) is 39.3 Å². The summed E-state index contributed by atoms with van der Waals surface area (Å²) in [6, 6.07) is 10.6. The first-order valence-electron chi connectivity index (χ1n) is 10.0. The second-order valence-corrected chi connectivity index (χ2v) is 8.16. The highest BCUT2D eigenvalue weighted by molar-refractivity contribution is 5.89. The summed E-state index contributed by atoms with van der Waals surface area (Å²) in [5.41, 5.74) is 0.683. The minimum absolute atomic E-state index is 0.137. The lowest BCUT2D eigenvalue weighted by Gasteiger charge is -2.50. The summed E-state index contributed by atoms with van der Waals surface area (Å²) in [4.78, 5) is 17.2. The van der Waals surface area contributed by atoms with Gasteiger partial charge >= 0.3 is 0 Å². The Balaban J connectivity index is 1.34. The number of hydrogen-bond acceptors (Lipinski definition) is 4. The zero-order valence-corrected chi connectivity index (χ0v) is 15.5. The number of aliphatic hydroxyl groups excluding tert-OH is 1. The quantitative estimate of drug-likeness (QED) is 0.843. The zero-order chi connectivity index (χ0) is 18.0. The molecular weight excluding hydrogens is 328 g/mol. The van der Waals surface area contributed by atoms with Gasteiger partial charge in [-0.15, -0.1) is 0 Å². The van der Waals surface area contributed by atoms with Crippen LogP contribution in [0.3, 0.4) is 0 Å². The van der Waals surface area contributed by atoms with Crippen LogP contribution in [0.25, 0.3) is 0 Å². The molecule has 5 heteroatoms. The average Bonchev–Trinajstić information content (AvgIpc) is 3.44. The van der Waals surface area contributed by atoms with Gasteiger partial charge in [0.05, 0.1) is 5.60 Å². The predicted molar refractivity (Wildman–Crippen MR) is 99.9 cm³/mol. The molecule has 0 bridgehead atoms. The molecule has 4 rings (SSSR count). The van der Waals surface area contributed by atoms with Crippen molar-refractivity contribution < 1.29 is 14.6 Å². The highest BCUT2D eigenvalue weighted by atomic mass is 16.5. The third-order valence-electron chi connectivity index (χ3n) is 6.18. The van der Waals surface area contributed by atoms with Gasteiger partial charge in [0.2, 0.25) is 0 Å². The van der Waals surface area contributed by atoms with E-state index in [1.54, 1.807) is 0 Å². The second kappa shape index (κ2) is 7.29. The second-order valence-electron chi connectivity index (χ2n) is 8.16. The van der Waals surface area contributed by atoms with Crippen LogP contribution >= 0.6 is 0 Å². The average molecular weight is 358 g/mol. The molecule has 26 heavy (non-hydrogen) atoms. The molecule has 1 N–H and O–H groups in total. The number of amides is 1. The van der Waals surface area contributed by atoms with Crippen molar-refractivity contribution >= 4 is 5.91 Å². The largest absolute Gasteiger partial charge is 0.396 e. The van der Waals surface area contributed by atoms with Crippen molar-refractivity contribution in [1.29, 1.82) is 0 Å². The number of likely N-dealkylation sites (tertiary alicyclic amines) is 1. The van der Waals surface area contributed by atoms with Gasteiger partial charge in [-0.1, -0.05) is 30.3 Å². The molecule has 5 nitrogen and oxygen atoms in total. The number of morpholine rings is 1. The predicted octanol–water partition coefficient (Wildman–Crippen LogP) is 1.84. The van der Waals surface area contributed by atoms with E-state index in [9.17, 15) is 4.79 Å². The minimum atomic E-state index is -0.528. The highest BCUT2D eigenvalue weighted by Crippen LogP contribution is 2.49. The summed E-state index contributed by atoms with van der Waals surface area (Å²) in [7, 11) is 0. The highest BCUT2D eigenvalue weighted by Gasteiger charge is 2.61. The number of aliphatic hydroxyl groups is 1. The fourth-order valence-electron chi connectivity index (χ4n) is 4.45. The van der Waals surface area contributed by atoms with E-state index in [-0.39, 0.29) is 18.1 Å². The smallest absolute Gasteiger partial charge is 0.254 e. The Morgan fingerprint density at radius 3 is 2.42 bits per heavy atom. The first kappa shape index (κ1) is 18.0. The van der Waals surface area contributed by atoms with Crippen LogP contribution in [-0.2, 0) is 16.0 Å². The Morgan fingerprint density at radius 1 is 1.04 bits per heavy atom. The van der Waals surface area contributed by atoms with Crippen LogP contribution in [0.15, 0.2) is 30.3 Å². The normalized spacial score (nSPS) is 24.3. The van der Waals surface area contributed by atoms with Crippen molar-refractivity contribution in [3.8, 4) is 0 Å². The lowest BCUT2D eigenvalue weighted by molar-refractivity contribution is -0.200. The molecule has 0 unspecified atom stereocenters. The third kappa shape index (κ3) is 3.66. The molecule has 142 valence electrons. The molecule has 1 aromatic carbocycles. The van der Waals surface area contributed by atoms with Gasteiger partial charge in [0.25, 0.3) is 5.91 Å². The number of carbonyl (C=O) groups is 1. The molecule has 2 heterocycles. The molecule has 2 spiro atoms. The monoisotopic (exact) mass is 358 g/mol. The molecule has 3 fully saturated rings. The first-order chi connectivity index (χ1) is 12.6. The van der Waals surface area contributed by atoms with E-state index < -0.39 is 5.60 Å². The molecule has 1 aromatic rings. The Morgan fingerprint density at radius 2 is 1.77 bits per heavy atom. The number of ether oxygens (including phenoxy) is 1. The minimum Gasteiger partial charge on any atom is -0.396 e. The van der Waals surface area contributed by atoms with E-state index in [0.717, 1.165) is 51.7 Å². The summed E-state index contributed by atoms with van der Waals surface area (Å²) in [5, 5.41) is 9.14. The number of hydrogen-bond donors (Lipinski definition) is 1. The number of piperidine rings is 1. The lowest BCUT2D eigenvalue weighted by Crippen LogP contribution is -2.63. The first-order valence-corrected chi connectivity index (χ1v) is 10.0. The van der Waals surface area contributed by atoms with E-state index in [1.807, 2.05) is 4.90 Å². The Labute approximate surface area is 155 Å². The fourth-order valence-corrected chi connectivity index (χ4v) is 4.45. The van der Waals surface area contributed by atoms with Crippen LogP contribution in [0.5, 0.6) is 0 Å². The van der Waals surface area contributed by atoms with Gasteiger partial charge in [0.1, 0.15) is 5.60 Å². The molecule has 1 aliphatic carbocycles. The van der Waals surface area contributed by atoms with Gasteiger partial charge < -0.3 is 19.6 Å². The summed E-state index contributed by atoms with van der Waals surface area (Å²) in [6.45, 7) is 4.63. The summed E-state index contributed by atoms with van der Waals surface area (Å²) < 4.78 is 6.47. The molecule has 0 atom stereocenters. The van der Waals surface area contributed by atoms with Gasteiger partial charge in [0.15, 0.2) is 0 Å². The van der Waals surface area contributed by atoms with Crippen LogP contribution < -0.4 is 0 Å². The van der Waals surface area contributed by atoms with Crippen LogP contribution in [0.1, 0.15) is 37.7 Å². The van der Waals surface area contributed by atoms with Crippen molar-refractivity contribution in [1.82, 2.24) is 9.80 Å². The molecular formula is C21H30N2O3.